The number of carbonyl (C=O) groups is 2. The highest BCUT2D eigenvalue weighted by Gasteiger charge is 2.23. The fourth-order valence-electron chi connectivity index (χ4n) is 2.38. The first-order valence-electron chi connectivity index (χ1n) is 7.22. The first-order valence-corrected chi connectivity index (χ1v) is 7.22. The Bertz CT molecular complexity index is 811. The zero-order chi connectivity index (χ0) is 18.6. The lowest BCUT2D eigenvalue weighted by Gasteiger charge is -2.13. The van der Waals surface area contributed by atoms with E-state index >= 15 is 0 Å². The van der Waals surface area contributed by atoms with Gasteiger partial charge in [-0.1, -0.05) is 0 Å². The first-order chi connectivity index (χ1) is 12.0. The van der Waals surface area contributed by atoms with Crippen LogP contribution in [0.4, 0.5) is 0 Å². The molecule has 0 saturated carbocycles. The van der Waals surface area contributed by atoms with Crippen molar-refractivity contribution in [2.45, 2.75) is 0 Å². The van der Waals surface area contributed by atoms with Crippen LogP contribution in [0.2, 0.25) is 0 Å². The minimum Gasteiger partial charge on any atom is -0.493 e. The van der Waals surface area contributed by atoms with Gasteiger partial charge >= 0.3 is 5.97 Å². The van der Waals surface area contributed by atoms with Crippen molar-refractivity contribution < 1.29 is 33.6 Å². The summed E-state index contributed by atoms with van der Waals surface area (Å²) < 4.78 is 20.6. The molecular formula is C18H18O7. The molecule has 25 heavy (non-hydrogen) atoms. The molecule has 0 saturated heterocycles. The Kier molecular flexibility index (Phi) is 5.49. The molecule has 7 nitrogen and oxygen atoms in total. The summed E-state index contributed by atoms with van der Waals surface area (Å²) in [6, 6.07) is 7.21. The topological polar surface area (TPSA) is 91.3 Å². The number of ether oxygens (including phenoxy) is 4. The van der Waals surface area contributed by atoms with Gasteiger partial charge < -0.3 is 24.1 Å². The molecule has 0 unspecified atom stereocenters. The number of methoxy groups -OCH3 is 4. The summed E-state index contributed by atoms with van der Waals surface area (Å²) in [5, 5.41) is 9.43. The molecule has 0 aliphatic carbocycles. The Labute approximate surface area is 144 Å². The van der Waals surface area contributed by atoms with Gasteiger partial charge in [-0.15, -0.1) is 0 Å². The minimum absolute atomic E-state index is 0.0163. The van der Waals surface area contributed by atoms with Crippen LogP contribution in [0.5, 0.6) is 23.0 Å². The third-order valence-electron chi connectivity index (χ3n) is 3.64. The van der Waals surface area contributed by atoms with Crippen LogP contribution in [0.1, 0.15) is 26.3 Å². The lowest BCUT2D eigenvalue weighted by Crippen LogP contribution is -2.11. The second-order valence-corrected chi connectivity index (χ2v) is 4.96. The Morgan fingerprint density at radius 1 is 0.720 bits per heavy atom. The van der Waals surface area contributed by atoms with Gasteiger partial charge in [0, 0.05) is 11.1 Å². The van der Waals surface area contributed by atoms with Gasteiger partial charge in [0.25, 0.3) is 0 Å². The van der Waals surface area contributed by atoms with E-state index in [-0.39, 0.29) is 28.2 Å². The average molecular weight is 346 g/mol. The van der Waals surface area contributed by atoms with Crippen molar-refractivity contribution in [1.29, 1.82) is 0 Å². The van der Waals surface area contributed by atoms with Crippen molar-refractivity contribution in [3.63, 3.8) is 0 Å². The molecule has 0 aliphatic rings. The summed E-state index contributed by atoms with van der Waals surface area (Å²) in [5.74, 6) is -0.417. The van der Waals surface area contributed by atoms with Crippen LogP contribution in [-0.2, 0) is 0 Å². The second kappa shape index (κ2) is 7.57. The van der Waals surface area contributed by atoms with E-state index in [1.807, 2.05) is 0 Å². The quantitative estimate of drug-likeness (QED) is 0.771. The predicted molar refractivity (Wildman–Crippen MR) is 89.5 cm³/mol. The fourth-order valence-corrected chi connectivity index (χ4v) is 2.38. The highest BCUT2D eigenvalue weighted by atomic mass is 16.5. The van der Waals surface area contributed by atoms with Crippen LogP contribution in [-0.4, -0.2) is 45.3 Å². The lowest BCUT2D eigenvalue weighted by atomic mass is 9.97. The average Bonchev–Trinajstić information content (AvgIpc) is 2.65. The Hall–Kier alpha value is -3.22. The summed E-state index contributed by atoms with van der Waals surface area (Å²) in [4.78, 5) is 24.4. The van der Waals surface area contributed by atoms with Gasteiger partial charge in [0.2, 0.25) is 0 Å². The first kappa shape index (κ1) is 18.1. The van der Waals surface area contributed by atoms with E-state index < -0.39 is 11.8 Å². The van der Waals surface area contributed by atoms with Gasteiger partial charge in [0.15, 0.2) is 28.8 Å². The van der Waals surface area contributed by atoms with Crippen molar-refractivity contribution in [1.82, 2.24) is 0 Å². The highest BCUT2D eigenvalue weighted by molar-refractivity contribution is 6.15. The van der Waals surface area contributed by atoms with E-state index in [1.54, 1.807) is 6.07 Å². The maximum atomic E-state index is 12.9. The van der Waals surface area contributed by atoms with Crippen LogP contribution in [0.15, 0.2) is 30.3 Å². The highest BCUT2D eigenvalue weighted by Crippen LogP contribution is 2.33. The summed E-state index contributed by atoms with van der Waals surface area (Å²) in [6.45, 7) is 0. The minimum atomic E-state index is -1.25. The van der Waals surface area contributed by atoms with Crippen molar-refractivity contribution in [3.8, 4) is 23.0 Å². The van der Waals surface area contributed by atoms with Crippen molar-refractivity contribution in [2.75, 3.05) is 28.4 Å². The van der Waals surface area contributed by atoms with Crippen LogP contribution < -0.4 is 18.9 Å². The summed E-state index contributed by atoms with van der Waals surface area (Å²) >= 11 is 0. The molecule has 0 atom stereocenters. The Morgan fingerprint density at radius 3 is 1.68 bits per heavy atom. The molecule has 0 spiro atoms. The predicted octanol–water partition coefficient (Wildman–Crippen LogP) is 2.65. The smallest absolute Gasteiger partial charge is 0.336 e. The monoisotopic (exact) mass is 346 g/mol. The van der Waals surface area contributed by atoms with E-state index in [0.29, 0.717) is 11.5 Å². The molecule has 0 radical (unpaired) electrons. The van der Waals surface area contributed by atoms with Gasteiger partial charge in [0.05, 0.1) is 34.0 Å². The van der Waals surface area contributed by atoms with E-state index in [1.165, 1.54) is 52.7 Å². The molecule has 0 fully saturated rings. The van der Waals surface area contributed by atoms with Crippen molar-refractivity contribution >= 4 is 11.8 Å². The number of aromatic carboxylic acids is 1. The zero-order valence-electron chi connectivity index (χ0n) is 14.3. The number of carboxylic acid groups (broad SMARTS) is 1. The SMILES string of the molecule is COc1ccc(C(=O)c2cc(OC)c(OC)cc2C(=O)O)cc1OC. The summed E-state index contributed by atoms with van der Waals surface area (Å²) in [6.07, 6.45) is 0. The van der Waals surface area contributed by atoms with Gasteiger partial charge in [-0.2, -0.15) is 0 Å². The molecule has 132 valence electrons. The molecule has 2 rings (SSSR count). The molecule has 0 amide bonds. The Balaban J connectivity index is 2.60. The molecule has 0 aliphatic heterocycles. The van der Waals surface area contributed by atoms with Crippen LogP contribution in [0.3, 0.4) is 0 Å². The van der Waals surface area contributed by atoms with Crippen LogP contribution in [0.25, 0.3) is 0 Å². The largest absolute Gasteiger partial charge is 0.493 e. The zero-order valence-corrected chi connectivity index (χ0v) is 14.3. The number of ketones is 1. The number of carboxylic acids is 1. The molecule has 2 aromatic carbocycles. The normalized spacial score (nSPS) is 10.1. The van der Waals surface area contributed by atoms with E-state index in [4.69, 9.17) is 18.9 Å². The molecular weight excluding hydrogens is 328 g/mol. The molecule has 2 aromatic rings. The lowest BCUT2D eigenvalue weighted by molar-refractivity contribution is 0.0692. The van der Waals surface area contributed by atoms with Gasteiger partial charge in [-0.05, 0) is 30.3 Å². The molecule has 0 bridgehead atoms. The standard InChI is InChI=1S/C18H18O7/c1-22-13-6-5-10(7-14(13)23-2)17(19)11-8-15(24-3)16(25-4)9-12(11)18(20)21/h5-9H,1-4H3,(H,20,21). The maximum Gasteiger partial charge on any atom is 0.336 e. The fraction of sp³-hybridized carbons (Fsp3) is 0.222. The molecule has 1 N–H and O–H groups in total. The number of hydrogen-bond donors (Lipinski definition) is 1. The van der Waals surface area contributed by atoms with Gasteiger partial charge in [-0.3, -0.25) is 4.79 Å². The maximum absolute atomic E-state index is 12.9. The Morgan fingerprint density at radius 2 is 1.20 bits per heavy atom. The van der Waals surface area contributed by atoms with Crippen LogP contribution >= 0.6 is 0 Å². The van der Waals surface area contributed by atoms with Crippen molar-refractivity contribution in [3.05, 3.63) is 47.0 Å². The van der Waals surface area contributed by atoms with E-state index in [9.17, 15) is 14.7 Å². The van der Waals surface area contributed by atoms with Gasteiger partial charge in [-0.25, -0.2) is 4.79 Å². The van der Waals surface area contributed by atoms with Gasteiger partial charge in [0.1, 0.15) is 0 Å². The third-order valence-corrected chi connectivity index (χ3v) is 3.64. The summed E-state index contributed by atoms with van der Waals surface area (Å²) in [5.41, 5.74) is 0.0576. The molecule has 0 heterocycles. The third kappa shape index (κ3) is 3.50. The summed E-state index contributed by atoms with van der Waals surface area (Å²) in [7, 11) is 5.73. The number of rotatable bonds is 7. The second-order valence-electron chi connectivity index (χ2n) is 4.96. The molecule has 0 aromatic heterocycles. The molecule has 7 heteroatoms. The van der Waals surface area contributed by atoms with E-state index in [2.05, 4.69) is 0 Å². The number of carbonyl (C=O) groups excluding carboxylic acids is 1. The number of hydrogen-bond acceptors (Lipinski definition) is 6. The van der Waals surface area contributed by atoms with E-state index in [0.717, 1.165) is 0 Å². The number of benzene rings is 2. The van der Waals surface area contributed by atoms with Crippen LogP contribution in [0, 0.1) is 0 Å². The van der Waals surface area contributed by atoms with Crippen molar-refractivity contribution in [2.24, 2.45) is 0 Å².